The smallest absolute Gasteiger partial charge is 0.323 e. The highest BCUT2D eigenvalue weighted by molar-refractivity contribution is 6.12. The van der Waals surface area contributed by atoms with E-state index in [-0.39, 0.29) is 34.6 Å². The van der Waals surface area contributed by atoms with Gasteiger partial charge in [-0.15, -0.1) is 0 Å². The van der Waals surface area contributed by atoms with E-state index in [1.807, 2.05) is 12.1 Å². The van der Waals surface area contributed by atoms with Crippen LogP contribution in [0.4, 0.5) is 14.6 Å². The third kappa shape index (κ3) is 6.29. The molecule has 37 heavy (non-hydrogen) atoms. The molecule has 194 valence electrons. The summed E-state index contributed by atoms with van der Waals surface area (Å²) in [4.78, 5) is 40.1. The van der Waals surface area contributed by atoms with Gasteiger partial charge in [0.1, 0.15) is 29.6 Å². The number of ketones is 1. The molecule has 9 heteroatoms. The van der Waals surface area contributed by atoms with Crippen molar-refractivity contribution in [1.29, 1.82) is 0 Å². The number of nitrogens with one attached hydrogen (secondary N) is 2. The average Bonchev–Trinajstić information content (AvgIpc) is 3.37. The monoisotopic (exact) mass is 509 g/mol. The Morgan fingerprint density at radius 2 is 1.78 bits per heavy atom. The second-order valence-corrected chi connectivity index (χ2v) is 9.26. The van der Waals surface area contributed by atoms with Gasteiger partial charge in [0.15, 0.2) is 5.78 Å². The number of anilines is 1. The number of aromatic amines is 1. The van der Waals surface area contributed by atoms with E-state index in [2.05, 4.69) is 10.3 Å². The Morgan fingerprint density at radius 1 is 1.08 bits per heavy atom. The molecule has 0 saturated heterocycles. The Bertz CT molecular complexity index is 1350. The van der Waals surface area contributed by atoms with Gasteiger partial charge < -0.3 is 20.8 Å². The Morgan fingerprint density at radius 3 is 2.46 bits per heavy atom. The molecule has 1 aromatic heterocycles. The van der Waals surface area contributed by atoms with Crippen LogP contribution in [0.25, 0.3) is 11.1 Å². The lowest BCUT2D eigenvalue weighted by Gasteiger charge is -2.17. The van der Waals surface area contributed by atoms with Gasteiger partial charge in [0.25, 0.3) is 5.56 Å². The minimum Gasteiger partial charge on any atom is -0.461 e. The number of halogens is 2. The number of rotatable bonds is 9. The van der Waals surface area contributed by atoms with Gasteiger partial charge in [0, 0.05) is 11.6 Å². The van der Waals surface area contributed by atoms with Crippen molar-refractivity contribution in [3.05, 3.63) is 87.2 Å². The SMILES string of the molecule is C[C@H](NCCc1ccc(-c2cc(C(=O)c3ccc(F)cc3F)c(N)[nH]c2=O)cc1)C(=O)OC1CCCC1. The van der Waals surface area contributed by atoms with Gasteiger partial charge in [0.05, 0.1) is 11.1 Å². The fourth-order valence-electron chi connectivity index (χ4n) is 4.41. The molecule has 0 unspecified atom stereocenters. The fourth-order valence-corrected chi connectivity index (χ4v) is 4.41. The summed E-state index contributed by atoms with van der Waals surface area (Å²) in [6.45, 7) is 2.34. The van der Waals surface area contributed by atoms with E-state index in [1.165, 1.54) is 6.07 Å². The molecule has 1 aliphatic carbocycles. The molecule has 1 fully saturated rings. The van der Waals surface area contributed by atoms with E-state index in [9.17, 15) is 23.2 Å². The van der Waals surface area contributed by atoms with E-state index in [1.54, 1.807) is 19.1 Å². The summed E-state index contributed by atoms with van der Waals surface area (Å²) in [5.74, 6) is -3.04. The maximum absolute atomic E-state index is 14.1. The molecule has 0 spiro atoms. The number of carbonyl (C=O) groups excluding carboxylic acids is 2. The first-order valence-corrected chi connectivity index (χ1v) is 12.3. The van der Waals surface area contributed by atoms with E-state index < -0.39 is 29.0 Å². The molecule has 0 aliphatic heterocycles. The van der Waals surface area contributed by atoms with Crippen LogP contribution in [0.1, 0.15) is 54.1 Å². The van der Waals surface area contributed by atoms with Crippen molar-refractivity contribution in [2.75, 3.05) is 12.3 Å². The molecule has 1 aliphatic rings. The van der Waals surface area contributed by atoms with Crippen molar-refractivity contribution < 1.29 is 23.1 Å². The maximum atomic E-state index is 14.1. The summed E-state index contributed by atoms with van der Waals surface area (Å²) in [5, 5.41) is 3.17. The lowest BCUT2D eigenvalue weighted by Crippen LogP contribution is -2.38. The van der Waals surface area contributed by atoms with Crippen LogP contribution in [-0.4, -0.2) is 35.4 Å². The predicted molar refractivity (Wildman–Crippen MR) is 136 cm³/mol. The number of H-pyrrole nitrogens is 1. The van der Waals surface area contributed by atoms with E-state index in [4.69, 9.17) is 10.5 Å². The fraction of sp³-hybridized carbons (Fsp3) is 0.321. The van der Waals surface area contributed by atoms with Crippen LogP contribution in [0.5, 0.6) is 0 Å². The number of nitrogen functional groups attached to an aromatic ring is 1. The van der Waals surface area contributed by atoms with Crippen LogP contribution in [-0.2, 0) is 16.0 Å². The van der Waals surface area contributed by atoms with Gasteiger partial charge in [-0.1, -0.05) is 24.3 Å². The molecule has 2 aromatic carbocycles. The first-order valence-electron chi connectivity index (χ1n) is 12.3. The van der Waals surface area contributed by atoms with Gasteiger partial charge in [-0.2, -0.15) is 0 Å². The average molecular weight is 510 g/mol. The second kappa shape index (κ2) is 11.5. The van der Waals surface area contributed by atoms with Crippen molar-refractivity contribution in [2.24, 2.45) is 0 Å². The summed E-state index contributed by atoms with van der Waals surface area (Å²) in [7, 11) is 0. The van der Waals surface area contributed by atoms with E-state index >= 15 is 0 Å². The van der Waals surface area contributed by atoms with Crippen molar-refractivity contribution in [3.63, 3.8) is 0 Å². The lowest BCUT2D eigenvalue weighted by atomic mass is 9.98. The van der Waals surface area contributed by atoms with Crippen LogP contribution in [0.3, 0.4) is 0 Å². The van der Waals surface area contributed by atoms with E-state index in [0.717, 1.165) is 43.4 Å². The van der Waals surface area contributed by atoms with E-state index in [0.29, 0.717) is 24.6 Å². The van der Waals surface area contributed by atoms with Crippen LogP contribution < -0.4 is 16.6 Å². The van der Waals surface area contributed by atoms with Gasteiger partial charge in [-0.05, 0) is 74.9 Å². The molecule has 0 radical (unpaired) electrons. The van der Waals surface area contributed by atoms with Gasteiger partial charge in [-0.3, -0.25) is 14.4 Å². The predicted octanol–water partition coefficient (Wildman–Crippen LogP) is 4.14. The van der Waals surface area contributed by atoms with Gasteiger partial charge in [-0.25, -0.2) is 8.78 Å². The molecular formula is C28H29F2N3O4. The second-order valence-electron chi connectivity index (χ2n) is 9.26. The molecule has 4 N–H and O–H groups in total. The zero-order valence-electron chi connectivity index (χ0n) is 20.5. The number of benzene rings is 2. The Hall–Kier alpha value is -3.85. The van der Waals surface area contributed by atoms with Crippen LogP contribution in [0.15, 0.2) is 53.3 Å². The molecule has 3 aromatic rings. The normalized spacial score (nSPS) is 14.5. The van der Waals surface area contributed by atoms with Gasteiger partial charge >= 0.3 is 5.97 Å². The largest absolute Gasteiger partial charge is 0.461 e. The number of nitrogens with two attached hydrogens (primary N) is 1. The highest BCUT2D eigenvalue weighted by atomic mass is 19.1. The standard InChI is InChI=1S/C28H29F2N3O4/c1-16(28(36)37-20-4-2-3-5-20)32-13-12-17-6-8-18(9-7-17)22-15-23(26(31)33-27(22)35)25(34)21-11-10-19(29)14-24(21)30/h6-11,14-16,20,32H,2-5,12-13H2,1H3,(H3,31,33,35)/t16-/m0/s1. The zero-order chi connectivity index (χ0) is 26.5. The summed E-state index contributed by atoms with van der Waals surface area (Å²) >= 11 is 0. The third-order valence-corrected chi connectivity index (χ3v) is 6.56. The summed E-state index contributed by atoms with van der Waals surface area (Å²) in [6, 6.07) is 10.7. The first-order chi connectivity index (χ1) is 17.7. The number of hydrogen-bond donors (Lipinski definition) is 3. The van der Waals surface area contributed by atoms with Crippen molar-refractivity contribution in [2.45, 2.75) is 51.2 Å². The molecule has 0 bridgehead atoms. The molecule has 1 saturated carbocycles. The number of aromatic nitrogens is 1. The number of carbonyl (C=O) groups is 2. The zero-order valence-corrected chi connectivity index (χ0v) is 20.5. The van der Waals surface area contributed by atoms with Crippen molar-refractivity contribution in [1.82, 2.24) is 10.3 Å². The van der Waals surface area contributed by atoms with Crippen LogP contribution in [0.2, 0.25) is 0 Å². The topological polar surface area (TPSA) is 114 Å². The van der Waals surface area contributed by atoms with Crippen LogP contribution >= 0.6 is 0 Å². The minimum absolute atomic E-state index is 0.0336. The number of ether oxygens (including phenoxy) is 1. The molecule has 7 nitrogen and oxygen atoms in total. The number of hydrogen-bond acceptors (Lipinski definition) is 6. The summed E-state index contributed by atoms with van der Waals surface area (Å²) in [5.41, 5.74) is 6.60. The van der Waals surface area contributed by atoms with Crippen LogP contribution in [0, 0.1) is 11.6 Å². The summed E-state index contributed by atoms with van der Waals surface area (Å²) in [6.07, 6.45) is 4.74. The Labute approximate surface area is 213 Å². The minimum atomic E-state index is -1.02. The molecule has 1 heterocycles. The number of esters is 1. The highest BCUT2D eigenvalue weighted by Crippen LogP contribution is 2.23. The number of pyridine rings is 1. The molecule has 1 atom stereocenters. The first kappa shape index (κ1) is 26.2. The van der Waals surface area contributed by atoms with Crippen molar-refractivity contribution >= 4 is 17.6 Å². The quantitative estimate of drug-likeness (QED) is 0.295. The summed E-state index contributed by atoms with van der Waals surface area (Å²) < 4.78 is 32.9. The third-order valence-electron chi connectivity index (χ3n) is 6.56. The lowest BCUT2D eigenvalue weighted by molar-refractivity contribution is -0.150. The molecule has 0 amide bonds. The van der Waals surface area contributed by atoms with Gasteiger partial charge in [0.2, 0.25) is 0 Å². The Balaban J connectivity index is 1.42. The maximum Gasteiger partial charge on any atom is 0.323 e. The molecular weight excluding hydrogens is 480 g/mol. The molecule has 4 rings (SSSR count). The Kier molecular flexibility index (Phi) is 8.13. The highest BCUT2D eigenvalue weighted by Gasteiger charge is 2.23. The van der Waals surface area contributed by atoms with Crippen molar-refractivity contribution in [3.8, 4) is 11.1 Å².